The molecule has 1 aromatic heterocycles. The Hall–Kier alpha value is -0.880. The zero-order valence-electron chi connectivity index (χ0n) is 6.20. The fourth-order valence-corrected chi connectivity index (χ4v) is 1.04. The third kappa shape index (κ3) is 1.64. The molecule has 1 aromatic rings. The van der Waals surface area contributed by atoms with Gasteiger partial charge in [-0.3, -0.25) is 4.79 Å². The van der Waals surface area contributed by atoms with Gasteiger partial charge >= 0.3 is 0 Å². The molecule has 0 spiro atoms. The molecular formula is C6H8BrN3O2. The highest BCUT2D eigenvalue weighted by atomic mass is 79.9. The van der Waals surface area contributed by atoms with Gasteiger partial charge in [-0.15, -0.1) is 0 Å². The molecule has 0 aliphatic heterocycles. The number of anilines is 1. The van der Waals surface area contributed by atoms with Crippen LogP contribution in [0.4, 0.5) is 5.69 Å². The summed E-state index contributed by atoms with van der Waals surface area (Å²) in [5.41, 5.74) is 5.37. The van der Waals surface area contributed by atoms with Crippen LogP contribution in [0.5, 0.6) is 0 Å². The molecule has 0 radical (unpaired) electrons. The van der Waals surface area contributed by atoms with Crippen LogP contribution in [0.1, 0.15) is 0 Å². The van der Waals surface area contributed by atoms with E-state index >= 15 is 0 Å². The highest BCUT2D eigenvalue weighted by molar-refractivity contribution is 9.10. The van der Waals surface area contributed by atoms with Crippen LogP contribution >= 0.6 is 15.9 Å². The van der Waals surface area contributed by atoms with Gasteiger partial charge in [-0.1, -0.05) is 0 Å². The van der Waals surface area contributed by atoms with Gasteiger partial charge in [-0.2, -0.15) is 5.10 Å². The summed E-state index contributed by atoms with van der Waals surface area (Å²) >= 11 is 3.02. The molecule has 0 bridgehead atoms. The van der Waals surface area contributed by atoms with E-state index in [-0.39, 0.29) is 23.2 Å². The number of hydrogen-bond donors (Lipinski definition) is 2. The van der Waals surface area contributed by atoms with Crippen molar-refractivity contribution < 1.29 is 5.11 Å². The summed E-state index contributed by atoms with van der Waals surface area (Å²) in [5.74, 6) is 0. The van der Waals surface area contributed by atoms with Crippen molar-refractivity contribution in [3.63, 3.8) is 0 Å². The molecule has 0 fully saturated rings. The number of rotatable bonds is 2. The first-order valence-corrected chi connectivity index (χ1v) is 4.08. The number of nitrogen functional groups attached to an aromatic ring is 1. The minimum atomic E-state index is -0.330. The van der Waals surface area contributed by atoms with Gasteiger partial charge in [0, 0.05) is 0 Å². The van der Waals surface area contributed by atoms with Crippen molar-refractivity contribution >= 4 is 21.6 Å². The van der Waals surface area contributed by atoms with Crippen molar-refractivity contribution in [1.29, 1.82) is 0 Å². The largest absolute Gasteiger partial charge is 0.396 e. The molecule has 0 unspecified atom stereocenters. The Kier molecular flexibility index (Phi) is 2.83. The average Bonchev–Trinajstić information content (AvgIpc) is 2.07. The molecule has 0 saturated carbocycles. The molecule has 12 heavy (non-hydrogen) atoms. The Labute approximate surface area is 76.9 Å². The normalized spacial score (nSPS) is 10.2. The van der Waals surface area contributed by atoms with Gasteiger partial charge in [0.05, 0.1) is 25.0 Å². The topological polar surface area (TPSA) is 81.1 Å². The Bertz CT molecular complexity index is 336. The lowest BCUT2D eigenvalue weighted by atomic mass is 10.5. The minimum Gasteiger partial charge on any atom is -0.396 e. The lowest BCUT2D eigenvalue weighted by Gasteiger charge is -2.02. The first-order chi connectivity index (χ1) is 5.66. The van der Waals surface area contributed by atoms with Crippen LogP contribution in [-0.4, -0.2) is 21.5 Å². The van der Waals surface area contributed by atoms with E-state index in [0.717, 1.165) is 4.68 Å². The second-order valence-electron chi connectivity index (χ2n) is 2.17. The maximum absolute atomic E-state index is 11.2. The van der Waals surface area contributed by atoms with Crippen molar-refractivity contribution in [1.82, 2.24) is 9.78 Å². The summed E-state index contributed by atoms with van der Waals surface area (Å²) in [4.78, 5) is 11.2. The summed E-state index contributed by atoms with van der Waals surface area (Å²) in [7, 11) is 0. The molecule has 6 heteroatoms. The molecule has 0 aliphatic carbocycles. The summed E-state index contributed by atoms with van der Waals surface area (Å²) < 4.78 is 1.42. The fourth-order valence-electron chi connectivity index (χ4n) is 0.732. The SMILES string of the molecule is Nc1cnn(CCO)c(=O)c1Br. The number of nitrogens with two attached hydrogens (primary N) is 1. The van der Waals surface area contributed by atoms with Gasteiger partial charge in [0.25, 0.3) is 5.56 Å². The molecule has 1 rings (SSSR count). The van der Waals surface area contributed by atoms with Gasteiger partial charge in [0.1, 0.15) is 4.47 Å². The molecule has 1 heterocycles. The highest BCUT2D eigenvalue weighted by Crippen LogP contribution is 2.10. The predicted molar refractivity (Wildman–Crippen MR) is 47.7 cm³/mol. The fraction of sp³-hybridized carbons (Fsp3) is 0.333. The number of aliphatic hydroxyl groups excluding tert-OH is 1. The lowest BCUT2D eigenvalue weighted by molar-refractivity contribution is 0.266. The quantitative estimate of drug-likeness (QED) is 0.728. The maximum Gasteiger partial charge on any atom is 0.283 e. The molecule has 66 valence electrons. The standard InChI is InChI=1S/C6H8BrN3O2/c7-5-4(8)3-9-10(1-2-11)6(5)12/h3,11H,1-2,8H2. The van der Waals surface area contributed by atoms with Crippen molar-refractivity contribution in [3.05, 3.63) is 21.0 Å². The second-order valence-corrected chi connectivity index (χ2v) is 2.96. The van der Waals surface area contributed by atoms with Crippen LogP contribution in [0, 0.1) is 0 Å². The summed E-state index contributed by atoms with van der Waals surface area (Å²) in [5, 5.41) is 12.3. The third-order valence-electron chi connectivity index (χ3n) is 1.32. The highest BCUT2D eigenvalue weighted by Gasteiger charge is 2.04. The van der Waals surface area contributed by atoms with Crippen molar-refractivity contribution in [2.24, 2.45) is 0 Å². The van der Waals surface area contributed by atoms with Gasteiger partial charge < -0.3 is 10.8 Å². The minimum absolute atomic E-state index is 0.122. The molecule has 0 aliphatic rings. The van der Waals surface area contributed by atoms with E-state index < -0.39 is 0 Å². The van der Waals surface area contributed by atoms with Gasteiger partial charge in [-0.05, 0) is 15.9 Å². The molecule has 0 saturated heterocycles. The Morgan fingerprint density at radius 2 is 2.42 bits per heavy atom. The zero-order valence-corrected chi connectivity index (χ0v) is 7.78. The van der Waals surface area contributed by atoms with E-state index in [0.29, 0.717) is 5.69 Å². The Morgan fingerprint density at radius 3 is 3.00 bits per heavy atom. The smallest absolute Gasteiger partial charge is 0.283 e. The van der Waals surface area contributed by atoms with E-state index in [2.05, 4.69) is 21.0 Å². The van der Waals surface area contributed by atoms with Gasteiger partial charge in [-0.25, -0.2) is 4.68 Å². The number of hydrogen-bond acceptors (Lipinski definition) is 4. The van der Waals surface area contributed by atoms with Crippen LogP contribution in [-0.2, 0) is 6.54 Å². The van der Waals surface area contributed by atoms with Crippen LogP contribution in [0.15, 0.2) is 15.5 Å². The molecule has 0 amide bonds. The summed E-state index contributed by atoms with van der Waals surface area (Å²) in [6.45, 7) is 0.0565. The Balaban J connectivity index is 3.18. The third-order valence-corrected chi connectivity index (χ3v) is 2.12. The van der Waals surface area contributed by atoms with Crippen molar-refractivity contribution in [3.8, 4) is 0 Å². The predicted octanol–water partition coefficient (Wildman–Crippen LogP) is -0.420. The van der Waals surface area contributed by atoms with Crippen molar-refractivity contribution in [2.75, 3.05) is 12.3 Å². The lowest BCUT2D eigenvalue weighted by Crippen LogP contribution is -2.25. The molecule has 0 atom stereocenters. The number of aliphatic hydroxyl groups is 1. The molecular weight excluding hydrogens is 226 g/mol. The summed E-state index contributed by atoms with van der Waals surface area (Å²) in [6, 6.07) is 0. The number of aromatic nitrogens is 2. The van der Waals surface area contributed by atoms with E-state index in [9.17, 15) is 4.79 Å². The monoisotopic (exact) mass is 233 g/mol. The molecule has 0 aromatic carbocycles. The van der Waals surface area contributed by atoms with Crippen LogP contribution in [0.3, 0.4) is 0 Å². The maximum atomic E-state index is 11.2. The summed E-state index contributed by atoms with van der Waals surface area (Å²) in [6.07, 6.45) is 1.36. The first-order valence-electron chi connectivity index (χ1n) is 3.28. The number of halogens is 1. The van der Waals surface area contributed by atoms with Crippen LogP contribution < -0.4 is 11.3 Å². The van der Waals surface area contributed by atoms with Gasteiger partial charge in [0.15, 0.2) is 0 Å². The second kappa shape index (κ2) is 3.68. The van der Waals surface area contributed by atoms with E-state index in [4.69, 9.17) is 10.8 Å². The number of nitrogens with zero attached hydrogens (tertiary/aromatic N) is 2. The van der Waals surface area contributed by atoms with Crippen LogP contribution in [0.2, 0.25) is 0 Å². The van der Waals surface area contributed by atoms with Gasteiger partial charge in [0.2, 0.25) is 0 Å². The molecule has 3 N–H and O–H groups in total. The van der Waals surface area contributed by atoms with Crippen molar-refractivity contribution in [2.45, 2.75) is 6.54 Å². The van der Waals surface area contributed by atoms with E-state index in [1.807, 2.05) is 0 Å². The molecule has 5 nitrogen and oxygen atoms in total. The first kappa shape index (κ1) is 9.21. The van der Waals surface area contributed by atoms with E-state index in [1.54, 1.807) is 0 Å². The average molecular weight is 234 g/mol. The van der Waals surface area contributed by atoms with Crippen LogP contribution in [0.25, 0.3) is 0 Å². The zero-order chi connectivity index (χ0) is 9.14. The van der Waals surface area contributed by atoms with E-state index in [1.165, 1.54) is 6.20 Å². The Morgan fingerprint density at radius 1 is 1.75 bits per heavy atom.